The van der Waals surface area contributed by atoms with Gasteiger partial charge in [-0.25, -0.2) is 0 Å². The quantitative estimate of drug-likeness (QED) is 0.921. The fraction of sp³-hybridized carbons (Fsp3) is 0.625. The second-order valence-corrected chi connectivity index (χ2v) is 7.26. The van der Waals surface area contributed by atoms with Crippen LogP contribution in [-0.2, 0) is 17.6 Å². The van der Waals surface area contributed by atoms with Crippen molar-refractivity contribution in [1.82, 2.24) is 9.80 Å². The van der Waals surface area contributed by atoms with E-state index in [4.69, 9.17) is 0 Å². The van der Waals surface area contributed by atoms with Crippen LogP contribution in [0.25, 0.3) is 0 Å². The molecule has 6 heteroatoms. The first-order valence-corrected chi connectivity index (χ1v) is 8.74. The monoisotopic (exact) mass is 318 g/mol. The minimum absolute atomic E-state index is 0.000324. The SMILES string of the molecule is CN1CCN(CC(=O)Nc2sc3c(c2C#N)CCCC3)CC1. The van der Waals surface area contributed by atoms with Crippen LogP contribution in [0.3, 0.4) is 0 Å². The summed E-state index contributed by atoms with van der Waals surface area (Å²) in [6.07, 6.45) is 4.35. The second-order valence-electron chi connectivity index (χ2n) is 6.15. The average Bonchev–Trinajstić information content (AvgIpc) is 2.86. The van der Waals surface area contributed by atoms with Crippen molar-refractivity contribution in [2.24, 2.45) is 0 Å². The summed E-state index contributed by atoms with van der Waals surface area (Å²) in [5, 5.41) is 13.2. The third-order valence-corrected chi connectivity index (χ3v) is 5.71. The van der Waals surface area contributed by atoms with Gasteiger partial charge in [-0.05, 0) is 38.3 Å². The van der Waals surface area contributed by atoms with E-state index in [1.807, 2.05) is 0 Å². The van der Waals surface area contributed by atoms with Gasteiger partial charge in [0, 0.05) is 31.1 Å². The van der Waals surface area contributed by atoms with Crippen molar-refractivity contribution in [2.75, 3.05) is 45.1 Å². The molecule has 0 bridgehead atoms. The van der Waals surface area contributed by atoms with Gasteiger partial charge in [0.25, 0.3) is 0 Å². The molecule has 118 valence electrons. The zero-order valence-corrected chi connectivity index (χ0v) is 13.8. The Bertz CT molecular complexity index is 596. The number of thiophene rings is 1. The summed E-state index contributed by atoms with van der Waals surface area (Å²) in [5.41, 5.74) is 1.88. The third-order valence-electron chi connectivity index (χ3n) is 4.50. The van der Waals surface area contributed by atoms with Gasteiger partial charge in [0.05, 0.1) is 12.1 Å². The number of fused-ring (bicyclic) bond motifs is 1. The molecule has 1 aliphatic carbocycles. The lowest BCUT2D eigenvalue weighted by molar-refractivity contribution is -0.117. The second kappa shape index (κ2) is 6.78. The molecule has 1 amide bonds. The molecule has 0 saturated carbocycles. The highest BCUT2D eigenvalue weighted by Crippen LogP contribution is 2.37. The van der Waals surface area contributed by atoms with Crippen molar-refractivity contribution >= 4 is 22.2 Å². The Morgan fingerprint density at radius 1 is 1.27 bits per heavy atom. The Kier molecular flexibility index (Phi) is 4.77. The zero-order chi connectivity index (χ0) is 15.5. The number of nitrogens with zero attached hydrogens (tertiary/aromatic N) is 3. The number of aryl methyl sites for hydroxylation is 1. The van der Waals surface area contributed by atoms with Crippen LogP contribution in [-0.4, -0.2) is 55.5 Å². The normalized spacial score (nSPS) is 19.5. The Morgan fingerprint density at radius 2 is 2.00 bits per heavy atom. The Morgan fingerprint density at radius 3 is 2.73 bits per heavy atom. The first kappa shape index (κ1) is 15.5. The molecule has 2 heterocycles. The molecule has 0 aromatic carbocycles. The Labute approximate surface area is 135 Å². The zero-order valence-electron chi connectivity index (χ0n) is 13.0. The molecule has 22 heavy (non-hydrogen) atoms. The topological polar surface area (TPSA) is 59.4 Å². The fourth-order valence-electron chi connectivity index (χ4n) is 3.15. The van der Waals surface area contributed by atoms with E-state index in [9.17, 15) is 10.1 Å². The molecule has 0 radical (unpaired) electrons. The van der Waals surface area contributed by atoms with Crippen molar-refractivity contribution in [3.8, 4) is 6.07 Å². The molecule has 1 aromatic heterocycles. The minimum atomic E-state index is -0.000324. The van der Waals surface area contributed by atoms with E-state index in [0.717, 1.165) is 50.4 Å². The van der Waals surface area contributed by atoms with E-state index in [1.165, 1.54) is 16.9 Å². The summed E-state index contributed by atoms with van der Waals surface area (Å²) < 4.78 is 0. The molecule has 0 spiro atoms. The highest BCUT2D eigenvalue weighted by molar-refractivity contribution is 7.16. The van der Waals surface area contributed by atoms with Crippen LogP contribution in [0.2, 0.25) is 0 Å². The minimum Gasteiger partial charge on any atom is -0.315 e. The number of hydrogen-bond donors (Lipinski definition) is 1. The van der Waals surface area contributed by atoms with Crippen molar-refractivity contribution in [2.45, 2.75) is 25.7 Å². The molecule has 2 aliphatic rings. The third kappa shape index (κ3) is 3.32. The van der Waals surface area contributed by atoms with E-state index in [1.54, 1.807) is 11.3 Å². The van der Waals surface area contributed by atoms with Crippen molar-refractivity contribution < 1.29 is 4.79 Å². The molecule has 0 atom stereocenters. The fourth-order valence-corrected chi connectivity index (χ4v) is 4.40. The van der Waals surface area contributed by atoms with Crippen LogP contribution in [0.1, 0.15) is 28.8 Å². The van der Waals surface area contributed by atoms with Crippen molar-refractivity contribution in [3.05, 3.63) is 16.0 Å². The average molecular weight is 318 g/mol. The number of rotatable bonds is 3. The van der Waals surface area contributed by atoms with Gasteiger partial charge >= 0.3 is 0 Å². The van der Waals surface area contributed by atoms with Gasteiger partial charge < -0.3 is 10.2 Å². The number of nitrogens with one attached hydrogen (secondary N) is 1. The number of amides is 1. The van der Waals surface area contributed by atoms with Gasteiger partial charge in [-0.2, -0.15) is 5.26 Å². The maximum absolute atomic E-state index is 12.3. The number of anilines is 1. The molecule has 1 aliphatic heterocycles. The maximum atomic E-state index is 12.3. The van der Waals surface area contributed by atoms with Crippen LogP contribution in [0, 0.1) is 11.3 Å². The summed E-state index contributed by atoms with van der Waals surface area (Å²) in [4.78, 5) is 18.0. The van der Waals surface area contributed by atoms with Gasteiger partial charge in [0.1, 0.15) is 11.1 Å². The summed E-state index contributed by atoms with van der Waals surface area (Å²) in [5.74, 6) is -0.000324. The van der Waals surface area contributed by atoms with Crippen LogP contribution < -0.4 is 5.32 Å². The van der Waals surface area contributed by atoms with Crippen molar-refractivity contribution in [1.29, 1.82) is 5.26 Å². The van der Waals surface area contributed by atoms with Gasteiger partial charge in [0.2, 0.25) is 5.91 Å². The highest BCUT2D eigenvalue weighted by atomic mass is 32.1. The van der Waals surface area contributed by atoms with Gasteiger partial charge in [-0.1, -0.05) is 0 Å². The number of piperazine rings is 1. The van der Waals surface area contributed by atoms with Crippen LogP contribution >= 0.6 is 11.3 Å². The maximum Gasteiger partial charge on any atom is 0.239 e. The number of carbonyl (C=O) groups excluding carboxylic acids is 1. The molecule has 1 fully saturated rings. The summed E-state index contributed by atoms with van der Waals surface area (Å²) >= 11 is 1.60. The largest absolute Gasteiger partial charge is 0.315 e. The summed E-state index contributed by atoms with van der Waals surface area (Å²) in [6, 6.07) is 2.29. The van der Waals surface area contributed by atoms with E-state index in [2.05, 4.69) is 28.2 Å². The molecule has 5 nitrogen and oxygen atoms in total. The predicted octanol–water partition coefficient (Wildman–Crippen LogP) is 1.68. The van der Waals surface area contributed by atoms with Crippen LogP contribution in [0.15, 0.2) is 0 Å². The lowest BCUT2D eigenvalue weighted by Gasteiger charge is -2.31. The number of carbonyl (C=O) groups is 1. The van der Waals surface area contributed by atoms with Gasteiger partial charge in [-0.15, -0.1) is 11.3 Å². The number of likely N-dealkylation sites (N-methyl/N-ethyl adjacent to an activating group) is 1. The Hall–Kier alpha value is -1.42. The molecule has 1 saturated heterocycles. The van der Waals surface area contributed by atoms with E-state index < -0.39 is 0 Å². The first-order chi connectivity index (χ1) is 10.7. The van der Waals surface area contributed by atoms with Crippen LogP contribution in [0.5, 0.6) is 0 Å². The predicted molar refractivity (Wildman–Crippen MR) is 88.2 cm³/mol. The molecule has 1 aromatic rings. The van der Waals surface area contributed by atoms with Gasteiger partial charge in [-0.3, -0.25) is 9.69 Å². The van der Waals surface area contributed by atoms with E-state index >= 15 is 0 Å². The molecule has 0 unspecified atom stereocenters. The first-order valence-electron chi connectivity index (χ1n) is 7.92. The Balaban J connectivity index is 1.64. The number of nitriles is 1. The summed E-state index contributed by atoms with van der Waals surface area (Å²) in [6.45, 7) is 4.28. The highest BCUT2D eigenvalue weighted by Gasteiger charge is 2.23. The lowest BCUT2D eigenvalue weighted by atomic mass is 9.96. The van der Waals surface area contributed by atoms with Crippen LogP contribution in [0.4, 0.5) is 5.00 Å². The van der Waals surface area contributed by atoms with Crippen molar-refractivity contribution in [3.63, 3.8) is 0 Å². The molecular weight excluding hydrogens is 296 g/mol. The summed E-state index contributed by atoms with van der Waals surface area (Å²) in [7, 11) is 2.10. The van der Waals surface area contributed by atoms with E-state index in [0.29, 0.717) is 12.1 Å². The molecular formula is C16H22N4OS. The smallest absolute Gasteiger partial charge is 0.239 e. The van der Waals surface area contributed by atoms with Gasteiger partial charge in [0.15, 0.2) is 0 Å². The molecule has 3 rings (SSSR count). The lowest BCUT2D eigenvalue weighted by Crippen LogP contribution is -2.47. The standard InChI is InChI=1S/C16H22N4OS/c1-19-6-8-20(9-7-19)11-15(21)18-16-13(10-17)12-4-2-3-5-14(12)22-16/h2-9,11H2,1H3,(H,18,21). The number of hydrogen-bond acceptors (Lipinski definition) is 5. The van der Waals surface area contributed by atoms with E-state index in [-0.39, 0.29) is 5.91 Å². The molecule has 1 N–H and O–H groups in total.